The molecule has 1 amide bonds. The normalized spacial score (nSPS) is 17.7. The zero-order chi connectivity index (χ0) is 22.1. The summed E-state index contributed by atoms with van der Waals surface area (Å²) in [6.07, 6.45) is 0. The van der Waals surface area contributed by atoms with Gasteiger partial charge in [-0.25, -0.2) is 4.39 Å². The van der Waals surface area contributed by atoms with Crippen LogP contribution in [0.1, 0.15) is 17.2 Å². The van der Waals surface area contributed by atoms with E-state index < -0.39 is 34.2 Å². The molecule has 0 saturated carbocycles. The van der Waals surface area contributed by atoms with Crippen LogP contribution in [0.25, 0.3) is 5.76 Å². The van der Waals surface area contributed by atoms with Crippen LogP contribution in [0.4, 0.5) is 15.8 Å². The first-order valence-electron chi connectivity index (χ1n) is 9.25. The van der Waals surface area contributed by atoms with Crippen molar-refractivity contribution in [3.63, 3.8) is 0 Å². The molecule has 1 heterocycles. The highest BCUT2D eigenvalue weighted by atomic mass is 19.1. The van der Waals surface area contributed by atoms with Crippen molar-refractivity contribution >= 4 is 28.8 Å². The molecule has 1 aliphatic heterocycles. The van der Waals surface area contributed by atoms with E-state index in [1.165, 1.54) is 36.4 Å². The van der Waals surface area contributed by atoms with Crippen molar-refractivity contribution in [3.8, 4) is 0 Å². The first-order chi connectivity index (χ1) is 14.9. The van der Waals surface area contributed by atoms with Crippen LogP contribution in [-0.4, -0.2) is 21.7 Å². The molecular formula is C23H15FN2O5. The lowest BCUT2D eigenvalue weighted by Crippen LogP contribution is -2.29. The standard InChI is InChI=1S/C23H15FN2O5/c24-15-10-12-16(13-11-15)25-20(17-8-4-5-9-18(17)26(30)31)19(22(28)23(25)29)21(27)14-6-2-1-3-7-14/h1-13,20,27H/b21-19+/t20-/m0/s1. The third-order valence-corrected chi connectivity index (χ3v) is 5.02. The summed E-state index contributed by atoms with van der Waals surface area (Å²) in [5.74, 6) is -2.97. The van der Waals surface area contributed by atoms with E-state index in [0.717, 1.165) is 17.0 Å². The van der Waals surface area contributed by atoms with Gasteiger partial charge in [0.05, 0.1) is 16.1 Å². The predicted molar refractivity (Wildman–Crippen MR) is 111 cm³/mol. The average molecular weight is 418 g/mol. The number of halogens is 1. The number of para-hydroxylation sites is 1. The van der Waals surface area contributed by atoms with Crippen molar-refractivity contribution < 1.29 is 24.0 Å². The van der Waals surface area contributed by atoms with Gasteiger partial charge in [0.25, 0.3) is 17.4 Å². The Balaban J connectivity index is 2.01. The van der Waals surface area contributed by atoms with Gasteiger partial charge in [-0.3, -0.25) is 24.6 Å². The summed E-state index contributed by atoms with van der Waals surface area (Å²) in [5.41, 5.74) is -0.106. The maximum Gasteiger partial charge on any atom is 0.300 e. The number of hydrogen-bond donors (Lipinski definition) is 1. The van der Waals surface area contributed by atoms with E-state index in [1.54, 1.807) is 30.3 Å². The second kappa shape index (κ2) is 7.83. The van der Waals surface area contributed by atoms with Gasteiger partial charge in [-0.1, -0.05) is 42.5 Å². The van der Waals surface area contributed by atoms with Crippen molar-refractivity contribution in [2.45, 2.75) is 6.04 Å². The summed E-state index contributed by atoms with van der Waals surface area (Å²) in [6, 6.07) is 17.3. The first-order valence-corrected chi connectivity index (χ1v) is 9.25. The van der Waals surface area contributed by atoms with Crippen LogP contribution >= 0.6 is 0 Å². The van der Waals surface area contributed by atoms with E-state index in [1.807, 2.05) is 0 Å². The van der Waals surface area contributed by atoms with Gasteiger partial charge in [0.15, 0.2) is 0 Å². The molecule has 0 aliphatic carbocycles. The number of nitro groups is 1. The number of benzene rings is 3. The summed E-state index contributed by atoms with van der Waals surface area (Å²) in [6.45, 7) is 0. The van der Waals surface area contributed by atoms with Crippen LogP contribution in [0.5, 0.6) is 0 Å². The summed E-state index contributed by atoms with van der Waals surface area (Å²) in [4.78, 5) is 38.0. The molecule has 3 aromatic carbocycles. The zero-order valence-corrected chi connectivity index (χ0v) is 15.9. The molecule has 0 radical (unpaired) electrons. The second-order valence-corrected chi connectivity index (χ2v) is 6.83. The minimum absolute atomic E-state index is 0.0495. The number of aliphatic hydroxyl groups excluding tert-OH is 1. The fourth-order valence-electron chi connectivity index (χ4n) is 3.63. The highest BCUT2D eigenvalue weighted by Crippen LogP contribution is 2.44. The van der Waals surface area contributed by atoms with Gasteiger partial charge in [0.1, 0.15) is 17.6 Å². The highest BCUT2D eigenvalue weighted by Gasteiger charge is 2.48. The number of rotatable bonds is 4. The molecule has 154 valence electrons. The smallest absolute Gasteiger partial charge is 0.300 e. The molecule has 1 fully saturated rings. The van der Waals surface area contributed by atoms with E-state index >= 15 is 0 Å². The van der Waals surface area contributed by atoms with Crippen LogP contribution in [-0.2, 0) is 9.59 Å². The lowest BCUT2D eigenvalue weighted by atomic mass is 9.94. The number of anilines is 1. The number of hydrogen-bond acceptors (Lipinski definition) is 5. The largest absolute Gasteiger partial charge is 0.507 e. The molecule has 1 aliphatic rings. The van der Waals surface area contributed by atoms with Crippen molar-refractivity contribution in [2.75, 3.05) is 4.90 Å². The van der Waals surface area contributed by atoms with E-state index in [-0.39, 0.29) is 28.1 Å². The molecule has 31 heavy (non-hydrogen) atoms. The molecular weight excluding hydrogens is 403 g/mol. The van der Waals surface area contributed by atoms with Crippen molar-refractivity contribution in [2.24, 2.45) is 0 Å². The Morgan fingerprint density at radius 2 is 1.55 bits per heavy atom. The van der Waals surface area contributed by atoms with Crippen molar-refractivity contribution in [1.82, 2.24) is 0 Å². The molecule has 7 nitrogen and oxygen atoms in total. The maximum absolute atomic E-state index is 13.5. The Morgan fingerprint density at radius 3 is 2.19 bits per heavy atom. The lowest BCUT2D eigenvalue weighted by Gasteiger charge is -2.25. The van der Waals surface area contributed by atoms with Gasteiger partial charge >= 0.3 is 0 Å². The maximum atomic E-state index is 13.5. The van der Waals surface area contributed by atoms with Crippen LogP contribution in [0.3, 0.4) is 0 Å². The molecule has 3 aromatic rings. The lowest BCUT2D eigenvalue weighted by molar-refractivity contribution is -0.385. The van der Waals surface area contributed by atoms with Gasteiger partial charge in [-0.05, 0) is 30.3 Å². The fourth-order valence-corrected chi connectivity index (χ4v) is 3.63. The Morgan fingerprint density at radius 1 is 0.935 bits per heavy atom. The predicted octanol–water partition coefficient (Wildman–Crippen LogP) is 4.36. The molecule has 1 atom stereocenters. The summed E-state index contributed by atoms with van der Waals surface area (Å²) in [5, 5.41) is 22.6. The number of carbonyl (C=O) groups is 2. The van der Waals surface area contributed by atoms with Crippen molar-refractivity contribution in [1.29, 1.82) is 0 Å². The van der Waals surface area contributed by atoms with E-state index in [2.05, 4.69) is 0 Å². The van der Waals surface area contributed by atoms with Gasteiger partial charge in [0, 0.05) is 17.3 Å². The average Bonchev–Trinajstić information content (AvgIpc) is 3.05. The molecule has 1 N–H and O–H groups in total. The SMILES string of the molecule is O=C1C(=O)N(c2ccc(F)cc2)[C@@H](c2ccccc2[N+](=O)[O-])/C1=C(\O)c1ccccc1. The Labute approximate surface area is 175 Å². The Bertz CT molecular complexity index is 1220. The fraction of sp³-hybridized carbons (Fsp3) is 0.0435. The number of Topliss-reactive ketones (excluding diaryl/α,β-unsaturated/α-hetero) is 1. The number of ketones is 1. The number of nitro benzene ring substituents is 1. The Hall–Kier alpha value is -4.33. The minimum atomic E-state index is -1.27. The number of aliphatic hydroxyl groups is 1. The minimum Gasteiger partial charge on any atom is -0.507 e. The molecule has 1 saturated heterocycles. The van der Waals surface area contributed by atoms with Gasteiger partial charge in [0.2, 0.25) is 0 Å². The number of carbonyl (C=O) groups excluding carboxylic acids is 2. The van der Waals surface area contributed by atoms with Gasteiger partial charge in [-0.2, -0.15) is 0 Å². The van der Waals surface area contributed by atoms with Crippen LogP contribution in [0.15, 0.2) is 84.4 Å². The topological polar surface area (TPSA) is 101 Å². The third kappa shape index (κ3) is 3.44. The number of nitrogens with zero attached hydrogens (tertiary/aromatic N) is 2. The van der Waals surface area contributed by atoms with Gasteiger partial charge < -0.3 is 5.11 Å². The van der Waals surface area contributed by atoms with Crippen molar-refractivity contribution in [3.05, 3.63) is 111 Å². The van der Waals surface area contributed by atoms with Crippen LogP contribution in [0, 0.1) is 15.9 Å². The Kier molecular flexibility index (Phi) is 5.04. The van der Waals surface area contributed by atoms with E-state index in [9.17, 15) is 29.2 Å². The van der Waals surface area contributed by atoms with E-state index in [4.69, 9.17) is 0 Å². The highest BCUT2D eigenvalue weighted by molar-refractivity contribution is 6.51. The zero-order valence-electron chi connectivity index (χ0n) is 15.9. The monoisotopic (exact) mass is 418 g/mol. The molecule has 0 aromatic heterocycles. The summed E-state index contributed by atoms with van der Waals surface area (Å²) in [7, 11) is 0. The molecule has 0 unspecified atom stereocenters. The quantitative estimate of drug-likeness (QED) is 0.223. The number of amides is 1. The van der Waals surface area contributed by atoms with Crippen LogP contribution < -0.4 is 4.90 Å². The first kappa shape index (κ1) is 20.0. The second-order valence-electron chi connectivity index (χ2n) is 6.83. The summed E-state index contributed by atoms with van der Waals surface area (Å²) < 4.78 is 13.5. The van der Waals surface area contributed by atoms with E-state index in [0.29, 0.717) is 0 Å². The van der Waals surface area contributed by atoms with Crippen LogP contribution in [0.2, 0.25) is 0 Å². The summed E-state index contributed by atoms with van der Waals surface area (Å²) >= 11 is 0. The molecule has 8 heteroatoms. The molecule has 0 spiro atoms. The molecule has 0 bridgehead atoms. The molecule has 4 rings (SSSR count). The third-order valence-electron chi connectivity index (χ3n) is 5.02. The van der Waals surface area contributed by atoms with Gasteiger partial charge in [-0.15, -0.1) is 0 Å².